The Bertz CT molecular complexity index is 733. The third kappa shape index (κ3) is 5.00. The van der Waals surface area contributed by atoms with Gasteiger partial charge in [0.05, 0.1) is 6.10 Å². The maximum atomic E-state index is 12.5. The smallest absolute Gasteiger partial charge is 0.275 e. The summed E-state index contributed by atoms with van der Waals surface area (Å²) >= 11 is 0. The van der Waals surface area contributed by atoms with Crippen molar-refractivity contribution < 1.29 is 14.3 Å². The van der Waals surface area contributed by atoms with Crippen LogP contribution in [0.1, 0.15) is 29.2 Å². The van der Waals surface area contributed by atoms with E-state index in [2.05, 4.69) is 20.2 Å². The highest BCUT2D eigenvalue weighted by molar-refractivity contribution is 6.02. The number of benzene rings is 1. The minimum absolute atomic E-state index is 0. The largest absolute Gasteiger partial charge is 0.491 e. The highest BCUT2D eigenvalue weighted by Crippen LogP contribution is 2.19. The summed E-state index contributed by atoms with van der Waals surface area (Å²) < 4.78 is 13.3. The summed E-state index contributed by atoms with van der Waals surface area (Å²) in [5, 5.41) is 6.22. The van der Waals surface area contributed by atoms with Crippen LogP contribution in [-0.2, 0) is 17.7 Å². The molecule has 0 spiro atoms. The van der Waals surface area contributed by atoms with E-state index in [1.807, 2.05) is 30.5 Å². The first-order chi connectivity index (χ1) is 12.8. The van der Waals surface area contributed by atoms with E-state index in [1.165, 1.54) is 0 Å². The van der Waals surface area contributed by atoms with Crippen LogP contribution in [0.3, 0.4) is 0 Å². The molecule has 2 aliphatic heterocycles. The van der Waals surface area contributed by atoms with Crippen LogP contribution in [0, 0.1) is 0 Å². The quantitative estimate of drug-likeness (QED) is 0.816. The molecular formula is C19H25ClN4O3. The number of nitrogens with one attached hydrogen (secondary N) is 2. The molecule has 3 heterocycles. The SMILES string of the molecule is Cl.O=C(Nc1ccc(OCC2CCCO2)cc1)c1cn2c(n1)CCNCC2. The molecule has 1 unspecified atom stereocenters. The zero-order valence-corrected chi connectivity index (χ0v) is 16.0. The van der Waals surface area contributed by atoms with Gasteiger partial charge in [-0.2, -0.15) is 0 Å². The number of fused-ring (bicyclic) bond motifs is 1. The molecule has 0 aliphatic carbocycles. The van der Waals surface area contributed by atoms with Crippen molar-refractivity contribution >= 4 is 24.0 Å². The Kier molecular flexibility index (Phi) is 6.71. The van der Waals surface area contributed by atoms with Gasteiger partial charge in [-0.1, -0.05) is 0 Å². The molecule has 0 saturated carbocycles. The summed E-state index contributed by atoms with van der Waals surface area (Å²) in [6.45, 7) is 4.03. The molecule has 4 rings (SSSR count). The predicted octanol–water partition coefficient (Wildman–Crippen LogP) is 2.26. The van der Waals surface area contributed by atoms with Crippen molar-refractivity contribution in [1.29, 1.82) is 0 Å². The lowest BCUT2D eigenvalue weighted by molar-refractivity contribution is 0.0679. The molecule has 1 saturated heterocycles. The van der Waals surface area contributed by atoms with Gasteiger partial charge in [0.25, 0.3) is 5.91 Å². The van der Waals surface area contributed by atoms with Crippen molar-refractivity contribution in [2.75, 3.05) is 31.6 Å². The van der Waals surface area contributed by atoms with E-state index in [4.69, 9.17) is 9.47 Å². The number of nitrogens with zero attached hydrogens (tertiary/aromatic N) is 2. The topological polar surface area (TPSA) is 77.4 Å². The van der Waals surface area contributed by atoms with Crippen LogP contribution in [0.2, 0.25) is 0 Å². The number of amides is 1. The van der Waals surface area contributed by atoms with Gasteiger partial charge in [0.15, 0.2) is 0 Å². The lowest BCUT2D eigenvalue weighted by Crippen LogP contribution is -2.18. The van der Waals surface area contributed by atoms with Crippen LogP contribution < -0.4 is 15.4 Å². The summed E-state index contributed by atoms with van der Waals surface area (Å²) in [7, 11) is 0. The Balaban J connectivity index is 0.00000210. The first-order valence-corrected chi connectivity index (χ1v) is 9.20. The lowest BCUT2D eigenvalue weighted by Gasteiger charge is -2.11. The molecule has 2 N–H and O–H groups in total. The first-order valence-electron chi connectivity index (χ1n) is 9.20. The van der Waals surface area contributed by atoms with E-state index < -0.39 is 0 Å². The van der Waals surface area contributed by atoms with Crippen molar-refractivity contribution in [3.05, 3.63) is 42.0 Å². The molecule has 1 fully saturated rings. The average Bonchev–Trinajstić information content (AvgIpc) is 3.27. The van der Waals surface area contributed by atoms with E-state index in [0.29, 0.717) is 12.3 Å². The third-order valence-electron chi connectivity index (χ3n) is 4.72. The molecule has 2 aromatic rings. The molecule has 27 heavy (non-hydrogen) atoms. The Morgan fingerprint density at radius 1 is 1.33 bits per heavy atom. The second kappa shape index (κ2) is 9.21. The molecule has 0 radical (unpaired) electrons. The van der Waals surface area contributed by atoms with Crippen LogP contribution in [-0.4, -0.2) is 47.9 Å². The second-order valence-corrected chi connectivity index (χ2v) is 6.66. The Labute approximate surface area is 164 Å². The number of aromatic nitrogens is 2. The van der Waals surface area contributed by atoms with E-state index in [1.54, 1.807) is 0 Å². The van der Waals surface area contributed by atoms with Gasteiger partial charge < -0.3 is 24.7 Å². The maximum Gasteiger partial charge on any atom is 0.275 e. The summed E-state index contributed by atoms with van der Waals surface area (Å²) in [4.78, 5) is 16.9. The Morgan fingerprint density at radius 2 is 2.19 bits per heavy atom. The highest BCUT2D eigenvalue weighted by atomic mass is 35.5. The van der Waals surface area contributed by atoms with Gasteiger partial charge in [-0.3, -0.25) is 4.79 Å². The summed E-state index contributed by atoms with van der Waals surface area (Å²) in [6, 6.07) is 7.40. The van der Waals surface area contributed by atoms with Gasteiger partial charge >= 0.3 is 0 Å². The fourth-order valence-electron chi connectivity index (χ4n) is 3.28. The van der Waals surface area contributed by atoms with Gasteiger partial charge in [0.1, 0.15) is 23.9 Å². The fraction of sp³-hybridized carbons (Fsp3) is 0.474. The zero-order chi connectivity index (χ0) is 17.8. The molecule has 7 nitrogen and oxygen atoms in total. The fourth-order valence-corrected chi connectivity index (χ4v) is 3.28. The van der Waals surface area contributed by atoms with Crippen molar-refractivity contribution in [2.45, 2.75) is 31.9 Å². The van der Waals surface area contributed by atoms with Gasteiger partial charge in [0, 0.05) is 44.5 Å². The molecule has 0 bridgehead atoms. The number of carbonyl (C=O) groups is 1. The number of hydrogen-bond donors (Lipinski definition) is 2. The van der Waals surface area contributed by atoms with Crippen LogP contribution in [0.5, 0.6) is 5.75 Å². The standard InChI is InChI=1S/C19H24N4O3.ClH/c24-19(17-12-23-10-9-20-8-7-18(23)22-17)21-14-3-5-15(6-4-14)26-13-16-2-1-11-25-16;/h3-6,12,16,20H,1-2,7-11,13H2,(H,21,24);1H. The Morgan fingerprint density at radius 3 is 2.96 bits per heavy atom. The molecule has 1 amide bonds. The highest BCUT2D eigenvalue weighted by Gasteiger charge is 2.17. The monoisotopic (exact) mass is 392 g/mol. The van der Waals surface area contributed by atoms with Crippen LogP contribution in [0.4, 0.5) is 5.69 Å². The zero-order valence-electron chi connectivity index (χ0n) is 15.1. The molecule has 1 aromatic heterocycles. The molecule has 1 aromatic carbocycles. The maximum absolute atomic E-state index is 12.5. The summed E-state index contributed by atoms with van der Waals surface area (Å²) in [5.41, 5.74) is 1.19. The van der Waals surface area contributed by atoms with Gasteiger partial charge in [-0.25, -0.2) is 4.98 Å². The van der Waals surface area contributed by atoms with Crippen LogP contribution >= 0.6 is 12.4 Å². The van der Waals surface area contributed by atoms with Gasteiger partial charge in [0.2, 0.25) is 0 Å². The van der Waals surface area contributed by atoms with Gasteiger partial charge in [-0.15, -0.1) is 12.4 Å². The van der Waals surface area contributed by atoms with Gasteiger partial charge in [-0.05, 0) is 37.1 Å². The van der Waals surface area contributed by atoms with E-state index in [0.717, 1.165) is 62.8 Å². The van der Waals surface area contributed by atoms with Crippen LogP contribution in [0.25, 0.3) is 0 Å². The number of imidazole rings is 1. The molecule has 1 atom stereocenters. The number of rotatable bonds is 5. The summed E-state index contributed by atoms with van der Waals surface area (Å²) in [6.07, 6.45) is 5.02. The third-order valence-corrected chi connectivity index (χ3v) is 4.72. The normalized spacial score (nSPS) is 18.9. The van der Waals surface area contributed by atoms with E-state index in [9.17, 15) is 4.79 Å². The Hall–Kier alpha value is -2.09. The minimum Gasteiger partial charge on any atom is -0.491 e. The number of ether oxygens (including phenoxy) is 2. The molecule has 8 heteroatoms. The number of anilines is 1. The first kappa shape index (κ1) is 19.7. The predicted molar refractivity (Wildman–Crippen MR) is 105 cm³/mol. The van der Waals surface area contributed by atoms with Crippen molar-refractivity contribution in [1.82, 2.24) is 14.9 Å². The number of hydrogen-bond acceptors (Lipinski definition) is 5. The van der Waals surface area contributed by atoms with E-state index >= 15 is 0 Å². The van der Waals surface area contributed by atoms with Crippen LogP contribution in [0.15, 0.2) is 30.5 Å². The van der Waals surface area contributed by atoms with Crippen molar-refractivity contribution in [3.8, 4) is 5.75 Å². The average molecular weight is 393 g/mol. The molecule has 146 valence electrons. The van der Waals surface area contributed by atoms with Crippen molar-refractivity contribution in [3.63, 3.8) is 0 Å². The number of halogens is 1. The lowest BCUT2D eigenvalue weighted by atomic mass is 10.2. The summed E-state index contributed by atoms with van der Waals surface area (Å²) in [5.74, 6) is 1.55. The number of carbonyl (C=O) groups excluding carboxylic acids is 1. The minimum atomic E-state index is -0.188. The second-order valence-electron chi connectivity index (χ2n) is 6.66. The molecule has 2 aliphatic rings. The molecular weight excluding hydrogens is 368 g/mol. The van der Waals surface area contributed by atoms with E-state index in [-0.39, 0.29) is 24.4 Å². The van der Waals surface area contributed by atoms with Crippen molar-refractivity contribution in [2.24, 2.45) is 0 Å².